The molecule has 1 aromatic rings. The van der Waals surface area contributed by atoms with E-state index in [4.69, 9.17) is 5.73 Å². The number of hydrogen-bond donors (Lipinski definition) is 1. The third-order valence-electron chi connectivity index (χ3n) is 1.25. The molecule has 0 saturated carbocycles. The molecule has 0 aromatic carbocycles. The van der Waals surface area contributed by atoms with Gasteiger partial charge in [0.2, 0.25) is 5.95 Å². The average molecular weight is 154 g/mol. The normalized spacial score (nSPS) is 9.64. The van der Waals surface area contributed by atoms with Crippen LogP contribution in [-0.4, -0.2) is 10.9 Å². The van der Waals surface area contributed by atoms with E-state index in [1.165, 1.54) is 12.1 Å². The number of aromatic nitrogens is 1. The topological polar surface area (TPSA) is 56.0 Å². The summed E-state index contributed by atoms with van der Waals surface area (Å²) in [6, 6.07) is 2.85. The highest BCUT2D eigenvalue weighted by Gasteiger charge is 2.07. The molecule has 0 aliphatic rings. The molecule has 0 saturated heterocycles. The number of carbonyl (C=O) groups excluding carboxylic acids is 1. The standard InChI is InChI=1S/C7H7FN2O/c1-4-2-3-5(7(9)11)6(8)10-4/h2-3H,1H3,(H2,9,11). The lowest BCUT2D eigenvalue weighted by molar-refractivity contribution is 0.0995. The van der Waals surface area contributed by atoms with Gasteiger partial charge in [0.1, 0.15) is 0 Å². The molecule has 4 heteroatoms. The van der Waals surface area contributed by atoms with E-state index in [9.17, 15) is 9.18 Å². The molecule has 0 aliphatic heterocycles. The first-order valence-electron chi connectivity index (χ1n) is 3.04. The summed E-state index contributed by atoms with van der Waals surface area (Å²) in [6.07, 6.45) is 0. The van der Waals surface area contributed by atoms with Gasteiger partial charge < -0.3 is 5.73 Å². The molecule has 0 spiro atoms. The molecule has 0 atom stereocenters. The van der Waals surface area contributed by atoms with E-state index in [2.05, 4.69) is 4.98 Å². The van der Waals surface area contributed by atoms with Crippen molar-refractivity contribution in [3.8, 4) is 0 Å². The van der Waals surface area contributed by atoms with Crippen LogP contribution >= 0.6 is 0 Å². The summed E-state index contributed by atoms with van der Waals surface area (Å²) in [4.78, 5) is 13.9. The van der Waals surface area contributed by atoms with E-state index < -0.39 is 11.9 Å². The fourth-order valence-electron chi connectivity index (χ4n) is 0.709. The second-order valence-corrected chi connectivity index (χ2v) is 2.16. The molecule has 2 N–H and O–H groups in total. The van der Waals surface area contributed by atoms with Gasteiger partial charge in [-0.2, -0.15) is 4.39 Å². The van der Waals surface area contributed by atoms with Crippen molar-refractivity contribution in [2.75, 3.05) is 0 Å². The van der Waals surface area contributed by atoms with Gasteiger partial charge in [0.05, 0.1) is 5.56 Å². The second-order valence-electron chi connectivity index (χ2n) is 2.16. The number of halogens is 1. The Balaban J connectivity index is 3.20. The van der Waals surface area contributed by atoms with Crippen molar-refractivity contribution < 1.29 is 9.18 Å². The van der Waals surface area contributed by atoms with Gasteiger partial charge >= 0.3 is 0 Å². The Hall–Kier alpha value is -1.45. The number of amides is 1. The molecule has 58 valence electrons. The van der Waals surface area contributed by atoms with E-state index in [0.29, 0.717) is 5.69 Å². The maximum absolute atomic E-state index is 12.7. The van der Waals surface area contributed by atoms with E-state index in [1.807, 2.05) is 0 Å². The second kappa shape index (κ2) is 2.65. The Morgan fingerprint density at radius 1 is 1.64 bits per heavy atom. The predicted molar refractivity (Wildman–Crippen MR) is 37.4 cm³/mol. The van der Waals surface area contributed by atoms with Crippen molar-refractivity contribution in [2.24, 2.45) is 5.73 Å². The Morgan fingerprint density at radius 2 is 2.27 bits per heavy atom. The van der Waals surface area contributed by atoms with Crippen LogP contribution in [0.2, 0.25) is 0 Å². The van der Waals surface area contributed by atoms with Gasteiger partial charge in [-0.05, 0) is 19.1 Å². The maximum Gasteiger partial charge on any atom is 0.253 e. The summed E-state index contributed by atoms with van der Waals surface area (Å²) >= 11 is 0. The van der Waals surface area contributed by atoms with Crippen LogP contribution in [0.4, 0.5) is 4.39 Å². The third kappa shape index (κ3) is 1.52. The Bertz CT molecular complexity index is 298. The van der Waals surface area contributed by atoms with Gasteiger partial charge in [-0.15, -0.1) is 0 Å². The Labute approximate surface area is 63.0 Å². The Morgan fingerprint density at radius 3 is 2.73 bits per heavy atom. The first-order valence-corrected chi connectivity index (χ1v) is 3.04. The van der Waals surface area contributed by atoms with E-state index in [-0.39, 0.29) is 5.56 Å². The van der Waals surface area contributed by atoms with Crippen LogP contribution in [0.5, 0.6) is 0 Å². The molecular weight excluding hydrogens is 147 g/mol. The largest absolute Gasteiger partial charge is 0.365 e. The highest BCUT2D eigenvalue weighted by molar-refractivity contribution is 5.92. The summed E-state index contributed by atoms with van der Waals surface area (Å²) in [5.74, 6) is -1.60. The zero-order chi connectivity index (χ0) is 8.43. The van der Waals surface area contributed by atoms with Crippen molar-refractivity contribution in [3.63, 3.8) is 0 Å². The number of aryl methyl sites for hydroxylation is 1. The van der Waals surface area contributed by atoms with Gasteiger partial charge in [-0.3, -0.25) is 4.79 Å². The number of rotatable bonds is 1. The molecule has 3 nitrogen and oxygen atoms in total. The van der Waals surface area contributed by atoms with Gasteiger partial charge in [0.25, 0.3) is 5.91 Å². The number of primary amides is 1. The highest BCUT2D eigenvalue weighted by atomic mass is 19.1. The van der Waals surface area contributed by atoms with Crippen LogP contribution in [-0.2, 0) is 0 Å². The van der Waals surface area contributed by atoms with E-state index in [1.54, 1.807) is 6.92 Å². The van der Waals surface area contributed by atoms with Gasteiger partial charge in [0, 0.05) is 5.69 Å². The maximum atomic E-state index is 12.7. The minimum atomic E-state index is -0.808. The first kappa shape index (κ1) is 7.65. The average Bonchev–Trinajstić information content (AvgIpc) is 1.85. The summed E-state index contributed by atoms with van der Waals surface area (Å²) < 4.78 is 12.7. The first-order chi connectivity index (χ1) is 5.11. The highest BCUT2D eigenvalue weighted by Crippen LogP contribution is 2.03. The molecule has 1 heterocycles. The van der Waals surface area contributed by atoms with Crippen molar-refractivity contribution >= 4 is 5.91 Å². The van der Waals surface area contributed by atoms with Crippen molar-refractivity contribution in [1.29, 1.82) is 0 Å². The molecule has 0 bridgehead atoms. The van der Waals surface area contributed by atoms with Crippen molar-refractivity contribution in [1.82, 2.24) is 4.98 Å². The summed E-state index contributed by atoms with van der Waals surface area (Å²) in [5.41, 5.74) is 5.20. The fourth-order valence-corrected chi connectivity index (χ4v) is 0.709. The van der Waals surface area contributed by atoms with Crippen LogP contribution in [0.15, 0.2) is 12.1 Å². The molecule has 0 unspecified atom stereocenters. The minimum Gasteiger partial charge on any atom is -0.365 e. The van der Waals surface area contributed by atoms with Gasteiger partial charge in [0.15, 0.2) is 0 Å². The van der Waals surface area contributed by atoms with E-state index >= 15 is 0 Å². The molecule has 1 amide bonds. The summed E-state index contributed by atoms with van der Waals surface area (Å²) in [6.45, 7) is 1.63. The Kier molecular flexibility index (Phi) is 1.85. The lowest BCUT2D eigenvalue weighted by atomic mass is 10.2. The number of pyridine rings is 1. The zero-order valence-corrected chi connectivity index (χ0v) is 5.97. The quantitative estimate of drug-likeness (QED) is 0.603. The predicted octanol–water partition coefficient (Wildman–Crippen LogP) is 0.628. The lowest BCUT2D eigenvalue weighted by Crippen LogP contribution is -2.14. The third-order valence-corrected chi connectivity index (χ3v) is 1.25. The molecule has 1 rings (SSSR count). The minimum absolute atomic E-state index is 0.171. The summed E-state index contributed by atoms with van der Waals surface area (Å²) in [7, 11) is 0. The van der Waals surface area contributed by atoms with Gasteiger partial charge in [-0.25, -0.2) is 4.98 Å². The van der Waals surface area contributed by atoms with E-state index in [0.717, 1.165) is 0 Å². The number of hydrogen-bond acceptors (Lipinski definition) is 2. The number of nitrogens with zero attached hydrogens (tertiary/aromatic N) is 1. The smallest absolute Gasteiger partial charge is 0.253 e. The fraction of sp³-hybridized carbons (Fsp3) is 0.143. The molecule has 0 aliphatic carbocycles. The SMILES string of the molecule is Cc1ccc(C(N)=O)c(F)n1. The van der Waals surface area contributed by atoms with Crippen LogP contribution in [0.25, 0.3) is 0 Å². The van der Waals surface area contributed by atoms with Crippen molar-refractivity contribution in [2.45, 2.75) is 6.92 Å². The summed E-state index contributed by atoms with van der Waals surface area (Å²) in [5, 5.41) is 0. The van der Waals surface area contributed by atoms with Gasteiger partial charge in [-0.1, -0.05) is 0 Å². The molecule has 0 fully saturated rings. The lowest BCUT2D eigenvalue weighted by Gasteiger charge is -1.96. The molecular formula is C7H7FN2O. The molecule has 11 heavy (non-hydrogen) atoms. The van der Waals surface area contributed by atoms with Crippen LogP contribution < -0.4 is 5.73 Å². The number of carbonyl (C=O) groups is 1. The monoisotopic (exact) mass is 154 g/mol. The van der Waals surface area contributed by atoms with Crippen molar-refractivity contribution in [3.05, 3.63) is 29.3 Å². The van der Waals surface area contributed by atoms with Crippen LogP contribution in [0.3, 0.4) is 0 Å². The van der Waals surface area contributed by atoms with Crippen LogP contribution in [0, 0.1) is 12.9 Å². The zero-order valence-electron chi connectivity index (χ0n) is 5.97. The van der Waals surface area contributed by atoms with Crippen LogP contribution in [0.1, 0.15) is 16.1 Å². The molecule has 0 radical (unpaired) electrons. The molecule has 1 aromatic heterocycles. The number of nitrogens with two attached hydrogens (primary N) is 1.